The molecule has 208 valence electrons. The summed E-state index contributed by atoms with van der Waals surface area (Å²) < 4.78 is 3.65. The second kappa shape index (κ2) is 13.4. The van der Waals surface area contributed by atoms with Gasteiger partial charge in [-0.25, -0.2) is 0 Å². The lowest BCUT2D eigenvalue weighted by Gasteiger charge is -2.33. The molecule has 1 N–H and O–H groups in total. The number of benzene rings is 2. The van der Waals surface area contributed by atoms with E-state index in [1.54, 1.807) is 18.4 Å². The molecule has 2 aromatic carbocycles. The normalized spacial score (nSPS) is 19.7. The molecule has 0 saturated carbocycles. The SMILES string of the molecule is CCCCCC[n+]1c(C=C2C(=NC)C(C=C3C=Cc4ccccc4[NH+]3CCCCCC)=C2[O-])sc2ccccc21. The number of nitrogens with one attached hydrogen (secondary N) is 1. The number of allylic oxidation sites excluding steroid dienone is 4. The Morgan fingerprint density at radius 2 is 1.62 bits per heavy atom. The highest BCUT2D eigenvalue weighted by molar-refractivity contribution is 7.18. The van der Waals surface area contributed by atoms with Gasteiger partial charge in [-0.1, -0.05) is 80.9 Å². The van der Waals surface area contributed by atoms with Crippen LogP contribution in [0, 0.1) is 0 Å². The van der Waals surface area contributed by atoms with Gasteiger partial charge in [0.25, 0.3) is 5.01 Å². The average Bonchev–Trinajstić information content (AvgIpc) is 3.34. The summed E-state index contributed by atoms with van der Waals surface area (Å²) >= 11 is 1.76. The van der Waals surface area contributed by atoms with Crippen LogP contribution in [0.5, 0.6) is 0 Å². The molecule has 0 fully saturated rings. The summed E-state index contributed by atoms with van der Waals surface area (Å²) in [6.07, 6.45) is 18.3. The Hall–Kier alpha value is -3.28. The van der Waals surface area contributed by atoms with Crippen LogP contribution in [0.2, 0.25) is 0 Å². The molecule has 1 unspecified atom stereocenters. The molecule has 2 aliphatic rings. The molecule has 0 radical (unpaired) electrons. The number of nitrogens with zero attached hydrogens (tertiary/aromatic N) is 2. The summed E-state index contributed by atoms with van der Waals surface area (Å²) in [5, 5.41) is 14.7. The van der Waals surface area contributed by atoms with Gasteiger partial charge in [-0.05, 0) is 43.0 Å². The van der Waals surface area contributed by atoms with E-state index in [4.69, 9.17) is 0 Å². The van der Waals surface area contributed by atoms with Gasteiger partial charge in [0.15, 0.2) is 6.54 Å². The highest BCUT2D eigenvalue weighted by atomic mass is 32.1. The molecule has 0 amide bonds. The molecule has 1 aliphatic carbocycles. The number of para-hydroxylation sites is 2. The third-order valence-corrected chi connectivity index (χ3v) is 9.13. The molecule has 1 aliphatic heterocycles. The summed E-state index contributed by atoms with van der Waals surface area (Å²) in [5.74, 6) is 0.0979. The molecule has 2 heterocycles. The minimum atomic E-state index is 0.0979. The van der Waals surface area contributed by atoms with E-state index in [1.165, 1.54) is 64.9 Å². The number of aryl methyl sites for hydroxylation is 1. The van der Waals surface area contributed by atoms with Crippen LogP contribution in [0.4, 0.5) is 5.69 Å². The monoisotopic (exact) mass is 552 g/mol. The highest BCUT2D eigenvalue weighted by Crippen LogP contribution is 2.33. The quantitative estimate of drug-likeness (QED) is 0.201. The number of aliphatic imine (C=N–C) groups is 1. The van der Waals surface area contributed by atoms with Crippen LogP contribution in [0.1, 0.15) is 75.8 Å². The Bertz CT molecular complexity index is 1500. The number of hydrogen-bond acceptors (Lipinski definition) is 3. The van der Waals surface area contributed by atoms with Crippen LogP contribution in [0.25, 0.3) is 22.4 Å². The van der Waals surface area contributed by atoms with Crippen molar-refractivity contribution in [3.8, 4) is 0 Å². The zero-order valence-corrected chi connectivity index (χ0v) is 25.0. The maximum Gasteiger partial charge on any atom is 0.263 e. The third kappa shape index (κ3) is 5.91. The predicted octanol–water partition coefficient (Wildman–Crippen LogP) is 6.56. The molecule has 5 heteroatoms. The predicted molar refractivity (Wildman–Crippen MR) is 168 cm³/mol. The van der Waals surface area contributed by atoms with E-state index >= 15 is 0 Å². The van der Waals surface area contributed by atoms with E-state index < -0.39 is 0 Å². The zero-order chi connectivity index (χ0) is 27.9. The molecule has 40 heavy (non-hydrogen) atoms. The Morgan fingerprint density at radius 1 is 0.875 bits per heavy atom. The van der Waals surface area contributed by atoms with Gasteiger partial charge in [-0.15, -0.1) is 0 Å². The van der Waals surface area contributed by atoms with Crippen LogP contribution >= 0.6 is 11.3 Å². The second-order valence-corrected chi connectivity index (χ2v) is 11.9. The van der Waals surface area contributed by atoms with Crippen molar-refractivity contribution < 1.29 is 14.6 Å². The van der Waals surface area contributed by atoms with Crippen molar-refractivity contribution in [3.05, 3.63) is 93.9 Å². The first-order valence-corrected chi connectivity index (χ1v) is 15.9. The summed E-state index contributed by atoms with van der Waals surface area (Å²) in [7, 11) is 1.80. The standard InChI is InChI=1S/C35H41N3OS/c1-4-6-8-14-22-37-27(21-20-26-16-10-11-17-30(26)37)24-28-34(36-3)29(35(28)39)25-33-38(23-15-9-7-5-2)31-18-12-13-19-32(31)40-33/h10-13,16-21,24-25H,4-9,14-15,22-23H2,1-3H3/p+1. The first-order chi connectivity index (χ1) is 19.7. The maximum absolute atomic E-state index is 13.6. The van der Waals surface area contributed by atoms with Gasteiger partial charge in [0.2, 0.25) is 5.52 Å². The van der Waals surface area contributed by atoms with Gasteiger partial charge >= 0.3 is 0 Å². The largest absolute Gasteiger partial charge is 0.872 e. The highest BCUT2D eigenvalue weighted by Gasteiger charge is 2.29. The topological polar surface area (TPSA) is 43.7 Å². The maximum atomic E-state index is 13.6. The van der Waals surface area contributed by atoms with Crippen molar-refractivity contribution in [3.63, 3.8) is 0 Å². The molecule has 0 saturated heterocycles. The number of thiazole rings is 1. The van der Waals surface area contributed by atoms with Crippen LogP contribution in [0.3, 0.4) is 0 Å². The molecular weight excluding hydrogens is 510 g/mol. The number of aromatic nitrogens is 1. The zero-order valence-electron chi connectivity index (χ0n) is 24.2. The van der Waals surface area contributed by atoms with Gasteiger partial charge in [0, 0.05) is 55.0 Å². The Morgan fingerprint density at radius 3 is 2.42 bits per heavy atom. The van der Waals surface area contributed by atoms with Crippen LogP contribution in [-0.2, 0) is 6.54 Å². The fourth-order valence-corrected chi connectivity index (χ4v) is 6.95. The van der Waals surface area contributed by atoms with Crippen LogP contribution in [-0.4, -0.2) is 19.3 Å². The summed E-state index contributed by atoms with van der Waals surface area (Å²) in [6, 6.07) is 17.2. The van der Waals surface area contributed by atoms with Crippen molar-refractivity contribution >= 4 is 45.1 Å². The number of fused-ring (bicyclic) bond motifs is 2. The van der Waals surface area contributed by atoms with Gasteiger partial charge in [0.1, 0.15) is 16.1 Å². The van der Waals surface area contributed by atoms with E-state index in [0.717, 1.165) is 53.5 Å². The van der Waals surface area contributed by atoms with Crippen molar-refractivity contribution in [2.75, 3.05) is 13.6 Å². The molecule has 3 aromatic rings. The number of hydrogen-bond donors (Lipinski definition) is 1. The van der Waals surface area contributed by atoms with E-state index in [9.17, 15) is 5.11 Å². The van der Waals surface area contributed by atoms with Crippen molar-refractivity contribution in [2.45, 2.75) is 71.8 Å². The first-order valence-electron chi connectivity index (χ1n) is 15.0. The van der Waals surface area contributed by atoms with Crippen LogP contribution in [0.15, 0.2) is 88.3 Å². The van der Waals surface area contributed by atoms with E-state index in [2.05, 4.69) is 96.2 Å². The fourth-order valence-electron chi connectivity index (χ4n) is 5.81. The minimum absolute atomic E-state index is 0.0979. The summed E-state index contributed by atoms with van der Waals surface area (Å²) in [4.78, 5) is 5.95. The summed E-state index contributed by atoms with van der Waals surface area (Å²) in [6.45, 7) is 6.49. The fraction of sp³-hybridized carbons (Fsp3) is 0.371. The van der Waals surface area contributed by atoms with E-state index in [-0.39, 0.29) is 5.76 Å². The van der Waals surface area contributed by atoms with E-state index in [0.29, 0.717) is 0 Å². The number of unbranched alkanes of at least 4 members (excludes halogenated alkanes) is 6. The first kappa shape index (κ1) is 28.3. The van der Waals surface area contributed by atoms with Gasteiger partial charge in [0.05, 0.1) is 12.3 Å². The lowest BCUT2D eigenvalue weighted by molar-refractivity contribution is -0.788. The van der Waals surface area contributed by atoms with E-state index in [1.807, 2.05) is 0 Å². The molecule has 1 atom stereocenters. The van der Waals surface area contributed by atoms with Crippen molar-refractivity contribution in [2.24, 2.45) is 4.99 Å². The Labute approximate surface area is 243 Å². The second-order valence-electron chi connectivity index (χ2n) is 10.8. The lowest BCUT2D eigenvalue weighted by Crippen LogP contribution is -3.05. The molecule has 0 spiro atoms. The third-order valence-electron chi connectivity index (χ3n) is 8.02. The lowest BCUT2D eigenvalue weighted by atomic mass is 9.85. The smallest absolute Gasteiger partial charge is 0.263 e. The minimum Gasteiger partial charge on any atom is -0.872 e. The van der Waals surface area contributed by atoms with Gasteiger partial charge in [-0.2, -0.15) is 4.57 Å². The number of rotatable bonds is 12. The van der Waals surface area contributed by atoms with Gasteiger partial charge in [-0.3, -0.25) is 9.89 Å². The van der Waals surface area contributed by atoms with Crippen molar-refractivity contribution in [1.29, 1.82) is 0 Å². The molecule has 5 rings (SSSR count). The molecule has 0 bridgehead atoms. The van der Waals surface area contributed by atoms with Crippen LogP contribution < -0.4 is 14.6 Å². The van der Waals surface area contributed by atoms with Gasteiger partial charge < -0.3 is 5.11 Å². The Balaban J connectivity index is 1.47. The Kier molecular flexibility index (Phi) is 9.45. The molecule has 1 aromatic heterocycles. The number of quaternary nitrogens is 1. The average molecular weight is 553 g/mol. The molecule has 4 nitrogen and oxygen atoms in total. The molecular formula is C35H42N3OS+. The van der Waals surface area contributed by atoms with Crippen molar-refractivity contribution in [1.82, 2.24) is 0 Å². The summed E-state index contributed by atoms with van der Waals surface area (Å²) in [5.41, 5.74) is 7.23.